The van der Waals surface area contributed by atoms with Gasteiger partial charge in [-0.1, -0.05) is 13.8 Å². The van der Waals surface area contributed by atoms with Gasteiger partial charge in [-0.25, -0.2) is 4.99 Å². The summed E-state index contributed by atoms with van der Waals surface area (Å²) < 4.78 is 22.8. The predicted molar refractivity (Wildman–Crippen MR) is 41.6 cm³/mol. The fourth-order valence-corrected chi connectivity index (χ4v) is 0.387. The van der Waals surface area contributed by atoms with Crippen molar-refractivity contribution in [2.24, 2.45) is 16.6 Å². The van der Waals surface area contributed by atoms with Crippen LogP contribution in [0.4, 0.5) is 8.78 Å². The number of allylic oxidation sites excluding steroid dienone is 2. The van der Waals surface area contributed by atoms with Crippen molar-refractivity contribution in [3.8, 4) is 0 Å². The third kappa shape index (κ3) is 5.51. The molecule has 0 spiro atoms. The molecule has 2 N–H and O–H groups in total. The molecule has 0 bridgehead atoms. The van der Waals surface area contributed by atoms with Crippen LogP contribution in [-0.2, 0) is 0 Å². The molecule has 0 heterocycles. The molecule has 0 aromatic carbocycles. The van der Waals surface area contributed by atoms with E-state index in [-0.39, 0.29) is 5.92 Å². The van der Waals surface area contributed by atoms with Gasteiger partial charge in [-0.05, 0) is 12.0 Å². The SMILES string of the molecule is CC(C)/C(N)=C/C=N/C(F)F. The van der Waals surface area contributed by atoms with E-state index in [9.17, 15) is 8.78 Å². The molecule has 0 aromatic rings. The van der Waals surface area contributed by atoms with Crippen LogP contribution in [0.2, 0.25) is 0 Å². The van der Waals surface area contributed by atoms with Crippen LogP contribution in [-0.4, -0.2) is 12.8 Å². The quantitative estimate of drug-likeness (QED) is 0.498. The average molecular weight is 162 g/mol. The van der Waals surface area contributed by atoms with Crippen molar-refractivity contribution in [3.05, 3.63) is 11.8 Å². The minimum absolute atomic E-state index is 0.166. The second-order valence-corrected chi connectivity index (χ2v) is 2.40. The molecule has 4 heteroatoms. The van der Waals surface area contributed by atoms with E-state index in [1.54, 1.807) is 0 Å². The Balaban J connectivity index is 3.91. The number of aliphatic imine (C=N–C) groups is 1. The fourth-order valence-electron chi connectivity index (χ4n) is 0.387. The Morgan fingerprint density at radius 2 is 2.00 bits per heavy atom. The number of nitrogens with zero attached hydrogens (tertiary/aromatic N) is 1. The van der Waals surface area contributed by atoms with E-state index in [0.29, 0.717) is 5.70 Å². The molecule has 0 aliphatic heterocycles. The number of halogens is 2. The van der Waals surface area contributed by atoms with Gasteiger partial charge in [0.15, 0.2) is 0 Å². The van der Waals surface area contributed by atoms with E-state index < -0.39 is 6.55 Å². The van der Waals surface area contributed by atoms with Crippen LogP contribution in [0.3, 0.4) is 0 Å². The van der Waals surface area contributed by atoms with E-state index in [1.807, 2.05) is 13.8 Å². The highest BCUT2D eigenvalue weighted by Crippen LogP contribution is 2.00. The first-order chi connectivity index (χ1) is 5.04. The van der Waals surface area contributed by atoms with Gasteiger partial charge >= 0.3 is 6.55 Å². The number of hydrogen-bond donors (Lipinski definition) is 1. The Kier molecular flexibility index (Phi) is 4.41. The summed E-state index contributed by atoms with van der Waals surface area (Å²) >= 11 is 0. The zero-order valence-corrected chi connectivity index (χ0v) is 6.59. The molecule has 0 radical (unpaired) electrons. The maximum Gasteiger partial charge on any atom is 0.331 e. The monoisotopic (exact) mass is 162 g/mol. The minimum atomic E-state index is -2.65. The van der Waals surface area contributed by atoms with Gasteiger partial charge in [0, 0.05) is 11.9 Å². The Morgan fingerprint density at radius 1 is 1.45 bits per heavy atom. The van der Waals surface area contributed by atoms with Crippen LogP contribution in [0.1, 0.15) is 13.8 Å². The summed E-state index contributed by atoms with van der Waals surface area (Å²) in [5, 5.41) is 0. The largest absolute Gasteiger partial charge is 0.402 e. The summed E-state index contributed by atoms with van der Waals surface area (Å²) in [5.41, 5.74) is 5.98. The highest BCUT2D eigenvalue weighted by atomic mass is 19.3. The zero-order chi connectivity index (χ0) is 8.85. The normalized spacial score (nSPS) is 13.8. The topological polar surface area (TPSA) is 38.4 Å². The van der Waals surface area contributed by atoms with Gasteiger partial charge in [0.05, 0.1) is 0 Å². The molecule has 0 unspecified atom stereocenters. The molecule has 0 fully saturated rings. The Bertz CT molecular complexity index is 162. The smallest absolute Gasteiger partial charge is 0.331 e. The highest BCUT2D eigenvalue weighted by Gasteiger charge is 1.95. The Labute approximate surface area is 64.8 Å². The van der Waals surface area contributed by atoms with Gasteiger partial charge in [-0.2, -0.15) is 8.78 Å². The highest BCUT2D eigenvalue weighted by molar-refractivity contribution is 5.71. The lowest BCUT2D eigenvalue weighted by Gasteiger charge is -2.01. The zero-order valence-electron chi connectivity index (χ0n) is 6.59. The first-order valence-electron chi connectivity index (χ1n) is 3.31. The number of nitrogens with two attached hydrogens (primary N) is 1. The Hall–Kier alpha value is -0.930. The van der Waals surface area contributed by atoms with Gasteiger partial charge in [0.25, 0.3) is 0 Å². The van der Waals surface area contributed by atoms with Crippen LogP contribution in [0.25, 0.3) is 0 Å². The lowest BCUT2D eigenvalue weighted by Crippen LogP contribution is -2.04. The second kappa shape index (κ2) is 4.82. The summed E-state index contributed by atoms with van der Waals surface area (Å²) in [5.74, 6) is 0.166. The summed E-state index contributed by atoms with van der Waals surface area (Å²) in [6.45, 7) is 1.11. The van der Waals surface area contributed by atoms with Crippen molar-refractivity contribution < 1.29 is 8.78 Å². The summed E-state index contributed by atoms with van der Waals surface area (Å²) in [4.78, 5) is 2.83. The van der Waals surface area contributed by atoms with E-state index in [4.69, 9.17) is 5.73 Å². The van der Waals surface area contributed by atoms with Crippen LogP contribution >= 0.6 is 0 Å². The number of rotatable bonds is 3. The third-order valence-electron chi connectivity index (χ3n) is 1.13. The van der Waals surface area contributed by atoms with E-state index in [2.05, 4.69) is 4.99 Å². The Morgan fingerprint density at radius 3 is 2.36 bits per heavy atom. The number of hydrogen-bond acceptors (Lipinski definition) is 2. The lowest BCUT2D eigenvalue weighted by molar-refractivity contribution is 0.161. The van der Waals surface area contributed by atoms with Crippen molar-refractivity contribution in [1.82, 2.24) is 0 Å². The molecule has 0 amide bonds. The molecule has 0 aromatic heterocycles. The van der Waals surface area contributed by atoms with Crippen molar-refractivity contribution >= 4 is 6.21 Å². The molecule has 0 aliphatic rings. The molecule has 0 saturated carbocycles. The lowest BCUT2D eigenvalue weighted by atomic mass is 10.1. The predicted octanol–water partition coefficient (Wildman–Crippen LogP) is 1.78. The number of alkyl halides is 2. The van der Waals surface area contributed by atoms with Gasteiger partial charge in [0.2, 0.25) is 0 Å². The third-order valence-corrected chi connectivity index (χ3v) is 1.13. The maximum atomic E-state index is 11.4. The molecule has 64 valence electrons. The molecule has 0 saturated heterocycles. The standard InChI is InChI=1S/C7H12F2N2/c1-5(2)6(10)3-4-11-7(8)9/h3-5,7H,10H2,1-2H3/b6-3-,11-4+. The van der Waals surface area contributed by atoms with Crippen LogP contribution in [0.5, 0.6) is 0 Å². The molecule has 0 aliphatic carbocycles. The average Bonchev–Trinajstić information content (AvgIpc) is 1.86. The summed E-state index contributed by atoms with van der Waals surface area (Å²) in [6, 6.07) is 0. The van der Waals surface area contributed by atoms with Crippen LogP contribution in [0.15, 0.2) is 16.8 Å². The molecule has 11 heavy (non-hydrogen) atoms. The molecule has 2 nitrogen and oxygen atoms in total. The van der Waals surface area contributed by atoms with Gasteiger partial charge in [0.1, 0.15) is 0 Å². The summed E-state index contributed by atoms with van der Waals surface area (Å²) in [7, 11) is 0. The van der Waals surface area contributed by atoms with E-state index >= 15 is 0 Å². The van der Waals surface area contributed by atoms with Crippen molar-refractivity contribution in [3.63, 3.8) is 0 Å². The van der Waals surface area contributed by atoms with Gasteiger partial charge in [-0.3, -0.25) is 0 Å². The fraction of sp³-hybridized carbons (Fsp3) is 0.571. The molecule has 0 atom stereocenters. The second-order valence-electron chi connectivity index (χ2n) is 2.40. The van der Waals surface area contributed by atoms with Crippen LogP contribution < -0.4 is 5.73 Å². The minimum Gasteiger partial charge on any atom is -0.402 e. The summed E-state index contributed by atoms with van der Waals surface area (Å²) in [6.07, 6.45) is 2.41. The van der Waals surface area contributed by atoms with E-state index in [0.717, 1.165) is 6.21 Å². The van der Waals surface area contributed by atoms with Crippen LogP contribution in [0, 0.1) is 5.92 Å². The van der Waals surface area contributed by atoms with Gasteiger partial charge < -0.3 is 5.73 Å². The van der Waals surface area contributed by atoms with Crippen molar-refractivity contribution in [2.45, 2.75) is 20.4 Å². The molecular formula is C7H12F2N2. The first-order valence-corrected chi connectivity index (χ1v) is 3.31. The van der Waals surface area contributed by atoms with Gasteiger partial charge in [-0.15, -0.1) is 0 Å². The molecular weight excluding hydrogens is 150 g/mol. The van der Waals surface area contributed by atoms with Crippen molar-refractivity contribution in [2.75, 3.05) is 0 Å². The van der Waals surface area contributed by atoms with Crippen molar-refractivity contribution in [1.29, 1.82) is 0 Å². The maximum absolute atomic E-state index is 11.4. The van der Waals surface area contributed by atoms with E-state index in [1.165, 1.54) is 6.08 Å². The first kappa shape index (κ1) is 10.1. The molecule has 0 rings (SSSR count).